The summed E-state index contributed by atoms with van der Waals surface area (Å²) in [4.78, 5) is 0. The Morgan fingerprint density at radius 3 is 2.46 bits per heavy atom. The maximum absolute atomic E-state index is 5.55. The molecular weight excluding hydrogens is 168 g/mol. The van der Waals surface area contributed by atoms with Crippen LogP contribution in [0.15, 0.2) is 0 Å². The molecule has 0 radical (unpaired) electrons. The molecule has 1 saturated heterocycles. The highest BCUT2D eigenvalue weighted by Crippen LogP contribution is 2.26. The highest BCUT2D eigenvalue weighted by molar-refractivity contribution is 4.79. The number of ether oxygens (including phenoxy) is 3. The van der Waals surface area contributed by atoms with E-state index in [0.29, 0.717) is 5.41 Å². The van der Waals surface area contributed by atoms with E-state index in [2.05, 4.69) is 6.92 Å². The van der Waals surface area contributed by atoms with Crippen LogP contribution in [-0.4, -0.2) is 40.1 Å². The van der Waals surface area contributed by atoms with E-state index < -0.39 is 0 Å². The molecule has 0 saturated carbocycles. The van der Waals surface area contributed by atoms with Crippen molar-refractivity contribution in [1.82, 2.24) is 0 Å². The Labute approximate surface area is 80.4 Å². The molecule has 3 nitrogen and oxygen atoms in total. The molecule has 0 amide bonds. The van der Waals surface area contributed by atoms with Gasteiger partial charge in [0.1, 0.15) is 0 Å². The zero-order valence-corrected chi connectivity index (χ0v) is 8.67. The van der Waals surface area contributed by atoms with Crippen LogP contribution >= 0.6 is 0 Å². The van der Waals surface area contributed by atoms with Gasteiger partial charge in [-0.25, -0.2) is 0 Å². The largest absolute Gasteiger partial charge is 0.385 e. The fourth-order valence-electron chi connectivity index (χ4n) is 1.30. The van der Waals surface area contributed by atoms with Crippen LogP contribution in [0.3, 0.4) is 0 Å². The van der Waals surface area contributed by atoms with Crippen molar-refractivity contribution in [3.05, 3.63) is 0 Å². The predicted molar refractivity (Wildman–Crippen MR) is 50.9 cm³/mol. The van der Waals surface area contributed by atoms with Crippen molar-refractivity contribution in [2.75, 3.05) is 40.1 Å². The Morgan fingerprint density at radius 1 is 1.23 bits per heavy atom. The molecule has 3 heteroatoms. The molecule has 0 spiro atoms. The molecule has 0 aliphatic carbocycles. The van der Waals surface area contributed by atoms with Gasteiger partial charge in [-0.05, 0) is 12.8 Å². The molecule has 0 N–H and O–H groups in total. The highest BCUT2D eigenvalue weighted by atomic mass is 16.5. The molecule has 1 heterocycles. The first-order valence-electron chi connectivity index (χ1n) is 4.91. The van der Waals surface area contributed by atoms with E-state index in [1.807, 2.05) is 0 Å². The van der Waals surface area contributed by atoms with E-state index in [4.69, 9.17) is 14.2 Å². The number of hydrogen-bond acceptors (Lipinski definition) is 3. The lowest BCUT2D eigenvalue weighted by molar-refractivity contribution is -0.138. The van der Waals surface area contributed by atoms with E-state index in [1.54, 1.807) is 7.11 Å². The molecule has 0 unspecified atom stereocenters. The Balaban J connectivity index is 1.83. The summed E-state index contributed by atoms with van der Waals surface area (Å²) in [6, 6.07) is 0. The highest BCUT2D eigenvalue weighted by Gasteiger charge is 2.33. The summed E-state index contributed by atoms with van der Waals surface area (Å²) < 4.78 is 15.6. The van der Waals surface area contributed by atoms with Crippen molar-refractivity contribution in [2.45, 2.75) is 19.8 Å². The smallest absolute Gasteiger partial charge is 0.0564 e. The lowest BCUT2D eigenvalue weighted by atomic mass is 9.90. The Morgan fingerprint density at radius 2 is 1.92 bits per heavy atom. The second-order valence-corrected chi connectivity index (χ2v) is 4.06. The average Bonchev–Trinajstić information content (AvgIpc) is 2.08. The van der Waals surface area contributed by atoms with Crippen molar-refractivity contribution in [3.63, 3.8) is 0 Å². The summed E-state index contributed by atoms with van der Waals surface area (Å²) in [6.07, 6.45) is 2.18. The molecule has 0 aromatic rings. The van der Waals surface area contributed by atoms with Gasteiger partial charge in [0.25, 0.3) is 0 Å². The zero-order valence-electron chi connectivity index (χ0n) is 8.67. The molecule has 1 fully saturated rings. The van der Waals surface area contributed by atoms with Crippen molar-refractivity contribution < 1.29 is 14.2 Å². The number of methoxy groups -OCH3 is 1. The Bertz CT molecular complexity index is 132. The summed E-state index contributed by atoms with van der Waals surface area (Å²) in [5, 5.41) is 0. The third kappa shape index (κ3) is 4.07. The first-order chi connectivity index (χ1) is 6.27. The standard InChI is InChI=1S/C10H20O3/c1-10(8-13-9-10)7-12-6-4-3-5-11-2/h3-9H2,1-2H3. The molecule has 1 aliphatic rings. The summed E-state index contributed by atoms with van der Waals surface area (Å²) >= 11 is 0. The zero-order chi connectivity index (χ0) is 9.57. The van der Waals surface area contributed by atoms with Crippen LogP contribution in [0.1, 0.15) is 19.8 Å². The molecule has 0 aromatic heterocycles. The van der Waals surface area contributed by atoms with Crippen LogP contribution in [0.25, 0.3) is 0 Å². The first kappa shape index (κ1) is 11.0. The van der Waals surface area contributed by atoms with Gasteiger partial charge in [-0.15, -0.1) is 0 Å². The number of unbranched alkanes of at least 4 members (excludes halogenated alkanes) is 1. The van der Waals surface area contributed by atoms with Crippen molar-refractivity contribution >= 4 is 0 Å². The molecule has 0 aromatic carbocycles. The minimum Gasteiger partial charge on any atom is -0.385 e. The maximum Gasteiger partial charge on any atom is 0.0564 e. The fourth-order valence-corrected chi connectivity index (χ4v) is 1.30. The van der Waals surface area contributed by atoms with Crippen LogP contribution in [0.4, 0.5) is 0 Å². The summed E-state index contributed by atoms with van der Waals surface area (Å²) in [6.45, 7) is 6.42. The van der Waals surface area contributed by atoms with Crippen molar-refractivity contribution in [1.29, 1.82) is 0 Å². The van der Waals surface area contributed by atoms with Gasteiger partial charge in [0, 0.05) is 25.7 Å². The third-order valence-corrected chi connectivity index (χ3v) is 2.24. The van der Waals surface area contributed by atoms with Crippen LogP contribution in [0.2, 0.25) is 0 Å². The van der Waals surface area contributed by atoms with Gasteiger partial charge in [-0.1, -0.05) is 6.92 Å². The summed E-state index contributed by atoms with van der Waals surface area (Å²) in [5.74, 6) is 0. The topological polar surface area (TPSA) is 27.7 Å². The second-order valence-electron chi connectivity index (χ2n) is 4.06. The predicted octanol–water partition coefficient (Wildman–Crippen LogP) is 1.47. The minimum atomic E-state index is 0.293. The van der Waals surface area contributed by atoms with Gasteiger partial charge >= 0.3 is 0 Å². The summed E-state index contributed by atoms with van der Waals surface area (Å²) in [7, 11) is 1.73. The van der Waals surface area contributed by atoms with Crippen molar-refractivity contribution in [3.8, 4) is 0 Å². The number of hydrogen-bond donors (Lipinski definition) is 0. The van der Waals surface area contributed by atoms with Gasteiger partial charge in [0.2, 0.25) is 0 Å². The van der Waals surface area contributed by atoms with E-state index in [9.17, 15) is 0 Å². The lowest BCUT2D eigenvalue weighted by Crippen LogP contribution is -2.43. The van der Waals surface area contributed by atoms with Gasteiger partial charge in [-0.2, -0.15) is 0 Å². The molecule has 1 aliphatic heterocycles. The van der Waals surface area contributed by atoms with Crippen molar-refractivity contribution in [2.24, 2.45) is 5.41 Å². The van der Waals surface area contributed by atoms with Gasteiger partial charge < -0.3 is 14.2 Å². The Hall–Kier alpha value is -0.120. The molecule has 0 atom stereocenters. The van der Waals surface area contributed by atoms with Crippen LogP contribution in [0.5, 0.6) is 0 Å². The molecule has 78 valence electrons. The van der Waals surface area contributed by atoms with Crippen LogP contribution < -0.4 is 0 Å². The van der Waals surface area contributed by atoms with E-state index in [1.165, 1.54) is 0 Å². The minimum absolute atomic E-state index is 0.293. The average molecular weight is 188 g/mol. The SMILES string of the molecule is COCCCCOCC1(C)COC1. The van der Waals surface area contributed by atoms with Gasteiger partial charge in [-0.3, -0.25) is 0 Å². The maximum atomic E-state index is 5.55. The Kier molecular flexibility index (Phi) is 4.70. The lowest BCUT2D eigenvalue weighted by Gasteiger charge is -2.37. The van der Waals surface area contributed by atoms with E-state index in [-0.39, 0.29) is 0 Å². The normalized spacial score (nSPS) is 19.8. The van der Waals surface area contributed by atoms with Crippen LogP contribution in [-0.2, 0) is 14.2 Å². The third-order valence-electron chi connectivity index (χ3n) is 2.24. The van der Waals surface area contributed by atoms with Gasteiger partial charge in [0.05, 0.1) is 19.8 Å². The molecular formula is C10H20O3. The number of rotatable bonds is 7. The van der Waals surface area contributed by atoms with E-state index >= 15 is 0 Å². The molecule has 0 bridgehead atoms. The molecule has 13 heavy (non-hydrogen) atoms. The van der Waals surface area contributed by atoms with Gasteiger partial charge in [0.15, 0.2) is 0 Å². The quantitative estimate of drug-likeness (QED) is 0.566. The summed E-state index contributed by atoms with van der Waals surface area (Å²) in [5.41, 5.74) is 0.293. The monoisotopic (exact) mass is 188 g/mol. The van der Waals surface area contributed by atoms with E-state index in [0.717, 1.165) is 45.9 Å². The second kappa shape index (κ2) is 5.58. The molecule has 1 rings (SSSR count). The first-order valence-corrected chi connectivity index (χ1v) is 4.91. The fraction of sp³-hybridized carbons (Fsp3) is 1.00. The van der Waals surface area contributed by atoms with Crippen LogP contribution in [0, 0.1) is 5.41 Å².